The molecule has 0 unspecified atom stereocenters. The van der Waals surface area contributed by atoms with Crippen molar-refractivity contribution >= 4 is 11.5 Å². The number of amides is 1. The SMILES string of the molecule is CCCC(=O)N1CCC(/C(=C/NC)c2ccc(F)cc2)CC1. The van der Waals surface area contributed by atoms with E-state index in [9.17, 15) is 9.18 Å². The van der Waals surface area contributed by atoms with E-state index in [1.165, 1.54) is 17.7 Å². The van der Waals surface area contributed by atoms with Crippen molar-refractivity contribution in [2.24, 2.45) is 5.92 Å². The first-order valence-corrected chi connectivity index (χ1v) is 8.06. The van der Waals surface area contributed by atoms with Crippen LogP contribution in [0.1, 0.15) is 38.2 Å². The molecule has 1 fully saturated rings. The largest absolute Gasteiger partial charge is 0.394 e. The number of likely N-dealkylation sites (tertiary alicyclic amines) is 1. The molecular weight excluding hydrogens is 279 g/mol. The van der Waals surface area contributed by atoms with Gasteiger partial charge in [-0.2, -0.15) is 0 Å². The Morgan fingerprint density at radius 2 is 1.95 bits per heavy atom. The zero-order valence-corrected chi connectivity index (χ0v) is 13.4. The number of carbonyl (C=O) groups is 1. The standard InChI is InChI=1S/C18H25FN2O/c1-3-4-18(22)21-11-9-15(10-12-21)17(13-20-2)14-5-7-16(19)8-6-14/h5-8,13,15,20H,3-4,9-12H2,1-2H3/b17-13+. The van der Waals surface area contributed by atoms with Crippen molar-refractivity contribution in [3.63, 3.8) is 0 Å². The van der Waals surface area contributed by atoms with Gasteiger partial charge in [0.2, 0.25) is 5.91 Å². The quantitative estimate of drug-likeness (QED) is 0.904. The molecular formula is C18H25FN2O. The molecule has 22 heavy (non-hydrogen) atoms. The minimum Gasteiger partial charge on any atom is -0.394 e. The topological polar surface area (TPSA) is 32.3 Å². The molecule has 120 valence electrons. The van der Waals surface area contributed by atoms with E-state index < -0.39 is 0 Å². The summed E-state index contributed by atoms with van der Waals surface area (Å²) in [5.74, 6) is 0.456. The molecule has 0 radical (unpaired) electrons. The second-order valence-corrected chi connectivity index (χ2v) is 5.80. The predicted octanol–water partition coefficient (Wildman–Crippen LogP) is 3.42. The Hall–Kier alpha value is -1.84. The lowest BCUT2D eigenvalue weighted by Crippen LogP contribution is -2.38. The van der Waals surface area contributed by atoms with Crippen LogP contribution in [0.25, 0.3) is 5.57 Å². The first kappa shape index (κ1) is 16.5. The maximum absolute atomic E-state index is 13.1. The maximum Gasteiger partial charge on any atom is 0.222 e. The molecule has 0 saturated carbocycles. The molecule has 1 amide bonds. The summed E-state index contributed by atoms with van der Waals surface area (Å²) in [5, 5.41) is 3.10. The number of halogens is 1. The number of hydrogen-bond donors (Lipinski definition) is 1. The normalized spacial score (nSPS) is 16.7. The monoisotopic (exact) mass is 304 g/mol. The van der Waals surface area contributed by atoms with Gasteiger partial charge in [-0.05, 0) is 48.4 Å². The Bertz CT molecular complexity index is 516. The summed E-state index contributed by atoms with van der Waals surface area (Å²) >= 11 is 0. The van der Waals surface area contributed by atoms with Crippen LogP contribution < -0.4 is 5.32 Å². The fourth-order valence-corrected chi connectivity index (χ4v) is 3.05. The Morgan fingerprint density at radius 1 is 1.32 bits per heavy atom. The lowest BCUT2D eigenvalue weighted by atomic mass is 9.85. The van der Waals surface area contributed by atoms with E-state index in [1.54, 1.807) is 0 Å². The molecule has 0 atom stereocenters. The Labute approximate surface area is 132 Å². The van der Waals surface area contributed by atoms with Gasteiger partial charge in [0, 0.05) is 32.8 Å². The molecule has 1 heterocycles. The van der Waals surface area contributed by atoms with Gasteiger partial charge in [0.15, 0.2) is 0 Å². The van der Waals surface area contributed by atoms with Crippen LogP contribution in [0.5, 0.6) is 0 Å². The van der Waals surface area contributed by atoms with Gasteiger partial charge in [-0.3, -0.25) is 4.79 Å². The molecule has 0 aliphatic carbocycles. The Balaban J connectivity index is 2.05. The van der Waals surface area contributed by atoms with Crippen LogP contribution in [-0.2, 0) is 4.79 Å². The van der Waals surface area contributed by atoms with Crippen LogP contribution in [-0.4, -0.2) is 30.9 Å². The number of hydrogen-bond acceptors (Lipinski definition) is 2. The number of rotatable bonds is 5. The molecule has 3 nitrogen and oxygen atoms in total. The summed E-state index contributed by atoms with van der Waals surface area (Å²) in [6, 6.07) is 6.65. The van der Waals surface area contributed by atoms with Gasteiger partial charge in [-0.15, -0.1) is 0 Å². The minimum absolute atomic E-state index is 0.215. The highest BCUT2D eigenvalue weighted by Crippen LogP contribution is 2.31. The fourth-order valence-electron chi connectivity index (χ4n) is 3.05. The second-order valence-electron chi connectivity index (χ2n) is 5.80. The molecule has 4 heteroatoms. The van der Waals surface area contributed by atoms with Gasteiger partial charge in [-0.25, -0.2) is 4.39 Å². The molecule has 2 rings (SSSR count). The lowest BCUT2D eigenvalue weighted by Gasteiger charge is -2.33. The molecule has 1 aliphatic heterocycles. The lowest BCUT2D eigenvalue weighted by molar-refractivity contribution is -0.132. The number of carbonyl (C=O) groups excluding carboxylic acids is 1. The number of benzene rings is 1. The molecule has 1 saturated heterocycles. The molecule has 0 bridgehead atoms. The highest BCUT2D eigenvalue weighted by atomic mass is 19.1. The third-order valence-corrected chi connectivity index (χ3v) is 4.23. The maximum atomic E-state index is 13.1. The van der Waals surface area contributed by atoms with E-state index in [0.717, 1.165) is 37.9 Å². The molecule has 1 aromatic carbocycles. The molecule has 0 spiro atoms. The van der Waals surface area contributed by atoms with Crippen LogP contribution >= 0.6 is 0 Å². The van der Waals surface area contributed by atoms with Gasteiger partial charge in [0.25, 0.3) is 0 Å². The van der Waals surface area contributed by atoms with Crippen molar-refractivity contribution in [1.82, 2.24) is 10.2 Å². The summed E-state index contributed by atoms with van der Waals surface area (Å²) in [5.41, 5.74) is 2.25. The van der Waals surface area contributed by atoms with Gasteiger partial charge in [0.1, 0.15) is 5.82 Å². The zero-order valence-electron chi connectivity index (χ0n) is 13.4. The molecule has 1 N–H and O–H groups in total. The van der Waals surface area contributed by atoms with Crippen molar-refractivity contribution in [2.45, 2.75) is 32.6 Å². The van der Waals surface area contributed by atoms with Gasteiger partial charge in [0.05, 0.1) is 0 Å². The van der Waals surface area contributed by atoms with Crippen molar-refractivity contribution in [3.05, 3.63) is 41.8 Å². The van der Waals surface area contributed by atoms with E-state index in [1.807, 2.05) is 37.2 Å². The number of piperidine rings is 1. The molecule has 1 aromatic rings. The van der Waals surface area contributed by atoms with Crippen molar-refractivity contribution < 1.29 is 9.18 Å². The van der Waals surface area contributed by atoms with Gasteiger partial charge in [-0.1, -0.05) is 19.1 Å². The second kappa shape index (κ2) is 7.97. The average molecular weight is 304 g/mol. The van der Waals surface area contributed by atoms with E-state index in [0.29, 0.717) is 12.3 Å². The third-order valence-electron chi connectivity index (χ3n) is 4.23. The Kier molecular flexibility index (Phi) is 5.99. The van der Waals surface area contributed by atoms with E-state index in [-0.39, 0.29) is 11.7 Å². The van der Waals surface area contributed by atoms with Crippen LogP contribution in [0, 0.1) is 11.7 Å². The highest BCUT2D eigenvalue weighted by molar-refractivity contribution is 5.76. The first-order valence-electron chi connectivity index (χ1n) is 8.06. The summed E-state index contributed by atoms with van der Waals surface area (Å²) in [6.07, 6.45) is 5.46. The predicted molar refractivity (Wildman–Crippen MR) is 87.6 cm³/mol. The Morgan fingerprint density at radius 3 is 2.50 bits per heavy atom. The first-order chi connectivity index (χ1) is 10.7. The van der Waals surface area contributed by atoms with Crippen LogP contribution in [0.3, 0.4) is 0 Å². The van der Waals surface area contributed by atoms with Crippen molar-refractivity contribution in [2.75, 3.05) is 20.1 Å². The average Bonchev–Trinajstić information content (AvgIpc) is 2.54. The zero-order chi connectivity index (χ0) is 15.9. The van der Waals surface area contributed by atoms with E-state index in [2.05, 4.69) is 5.32 Å². The number of nitrogens with one attached hydrogen (secondary N) is 1. The van der Waals surface area contributed by atoms with Gasteiger partial charge >= 0.3 is 0 Å². The summed E-state index contributed by atoms with van der Waals surface area (Å²) in [7, 11) is 1.88. The van der Waals surface area contributed by atoms with Gasteiger partial charge < -0.3 is 10.2 Å². The summed E-state index contributed by atoms with van der Waals surface area (Å²) < 4.78 is 13.1. The van der Waals surface area contributed by atoms with E-state index >= 15 is 0 Å². The van der Waals surface area contributed by atoms with E-state index in [4.69, 9.17) is 0 Å². The summed E-state index contributed by atoms with van der Waals surface area (Å²) in [4.78, 5) is 13.9. The molecule has 1 aliphatic rings. The van der Waals surface area contributed by atoms with Crippen LogP contribution in [0.4, 0.5) is 4.39 Å². The summed E-state index contributed by atoms with van der Waals surface area (Å²) in [6.45, 7) is 3.66. The van der Waals surface area contributed by atoms with Crippen LogP contribution in [0.15, 0.2) is 30.5 Å². The van der Waals surface area contributed by atoms with Crippen molar-refractivity contribution in [3.8, 4) is 0 Å². The fraction of sp³-hybridized carbons (Fsp3) is 0.500. The third kappa shape index (κ3) is 4.09. The van der Waals surface area contributed by atoms with Crippen LogP contribution in [0.2, 0.25) is 0 Å². The smallest absolute Gasteiger partial charge is 0.222 e. The van der Waals surface area contributed by atoms with Crippen molar-refractivity contribution in [1.29, 1.82) is 0 Å². The minimum atomic E-state index is -0.215. The molecule has 0 aromatic heterocycles. The number of nitrogens with zero attached hydrogens (tertiary/aromatic N) is 1. The highest BCUT2D eigenvalue weighted by Gasteiger charge is 2.25. The number of allylic oxidation sites excluding steroid dienone is 1.